The van der Waals surface area contributed by atoms with Crippen LogP contribution in [0, 0.1) is 0 Å². The van der Waals surface area contributed by atoms with Crippen molar-refractivity contribution in [3.63, 3.8) is 0 Å². The van der Waals surface area contributed by atoms with Gasteiger partial charge >= 0.3 is 6.03 Å². The summed E-state index contributed by atoms with van der Waals surface area (Å²) in [7, 11) is 0. The Morgan fingerprint density at radius 2 is 1.52 bits per heavy atom. The average Bonchev–Trinajstić information content (AvgIpc) is 2.72. The molecule has 1 aromatic rings. The maximum absolute atomic E-state index is 12.7. The maximum atomic E-state index is 12.7. The number of carbonyl (C=O) groups is 3. The number of unbranched alkanes of at least 4 members (excludes halogenated alkanes) is 2. The zero-order chi connectivity index (χ0) is 21.1. The van der Waals surface area contributed by atoms with Crippen molar-refractivity contribution in [1.29, 1.82) is 0 Å². The van der Waals surface area contributed by atoms with Crippen LogP contribution in [-0.2, 0) is 16.0 Å². The summed E-state index contributed by atoms with van der Waals surface area (Å²) < 4.78 is 0. The van der Waals surface area contributed by atoms with Crippen LogP contribution in [0.1, 0.15) is 44.1 Å². The largest absolute Gasteiger partial charge is 0.333 e. The molecular weight excluding hydrogens is 364 g/mol. The van der Waals surface area contributed by atoms with Crippen molar-refractivity contribution < 1.29 is 14.4 Å². The minimum Gasteiger partial charge on any atom is -0.274 e. The van der Waals surface area contributed by atoms with E-state index in [2.05, 4.69) is 25.3 Å². The summed E-state index contributed by atoms with van der Waals surface area (Å²) in [6, 6.07) is 9.65. The summed E-state index contributed by atoms with van der Waals surface area (Å²) in [5.41, 5.74) is 2.32. The molecule has 1 aromatic carbocycles. The van der Waals surface area contributed by atoms with E-state index in [1.807, 2.05) is 24.3 Å². The number of benzene rings is 1. The van der Waals surface area contributed by atoms with Gasteiger partial charge in [-0.3, -0.25) is 19.4 Å². The number of barbiturate groups is 1. The zero-order valence-corrected chi connectivity index (χ0v) is 17.0. The van der Waals surface area contributed by atoms with E-state index in [9.17, 15) is 14.4 Å². The molecule has 0 N–H and O–H groups in total. The first-order chi connectivity index (χ1) is 14.1. The van der Waals surface area contributed by atoms with Gasteiger partial charge in [-0.25, -0.2) is 4.79 Å². The third kappa shape index (κ3) is 6.86. The van der Waals surface area contributed by atoms with Crippen LogP contribution in [0.2, 0.25) is 0 Å². The number of aryl methyl sites for hydroxylation is 1. The second-order valence-electron chi connectivity index (χ2n) is 7.13. The van der Waals surface area contributed by atoms with Crippen LogP contribution >= 0.6 is 0 Å². The molecule has 0 atom stereocenters. The van der Waals surface area contributed by atoms with Gasteiger partial charge in [0.25, 0.3) is 0 Å². The predicted molar refractivity (Wildman–Crippen MR) is 115 cm³/mol. The lowest BCUT2D eigenvalue weighted by atomic mass is 10.1. The van der Waals surface area contributed by atoms with Gasteiger partial charge in [0.05, 0.1) is 0 Å². The van der Waals surface area contributed by atoms with E-state index in [0.717, 1.165) is 37.7 Å². The third-order valence-corrected chi connectivity index (χ3v) is 5.00. The second kappa shape index (κ2) is 11.8. The number of imide groups is 2. The fourth-order valence-electron chi connectivity index (χ4n) is 3.37. The van der Waals surface area contributed by atoms with Crippen molar-refractivity contribution >= 4 is 17.8 Å². The summed E-state index contributed by atoms with van der Waals surface area (Å²) in [5.74, 6) is -0.787. The van der Waals surface area contributed by atoms with Gasteiger partial charge in [0, 0.05) is 13.1 Å². The number of rotatable bonds is 12. The molecule has 0 aliphatic carbocycles. The molecule has 0 radical (unpaired) electrons. The number of amides is 4. The molecule has 5 nitrogen and oxygen atoms in total. The number of carbonyl (C=O) groups excluding carboxylic acids is 3. The predicted octanol–water partition coefficient (Wildman–Crippen LogP) is 4.66. The summed E-state index contributed by atoms with van der Waals surface area (Å²) in [4.78, 5) is 39.5. The van der Waals surface area contributed by atoms with E-state index in [1.54, 1.807) is 12.2 Å². The average molecular weight is 395 g/mol. The fraction of sp³-hybridized carbons (Fsp3) is 0.375. The van der Waals surface area contributed by atoms with Gasteiger partial charge in [-0.2, -0.15) is 0 Å². The van der Waals surface area contributed by atoms with E-state index in [0.29, 0.717) is 19.5 Å². The van der Waals surface area contributed by atoms with Gasteiger partial charge < -0.3 is 0 Å². The van der Waals surface area contributed by atoms with Crippen molar-refractivity contribution in [1.82, 2.24) is 9.80 Å². The van der Waals surface area contributed by atoms with Crippen molar-refractivity contribution in [2.75, 3.05) is 13.1 Å². The van der Waals surface area contributed by atoms with E-state index < -0.39 is 11.9 Å². The lowest BCUT2D eigenvalue weighted by Crippen LogP contribution is -2.55. The molecular formula is C24H30N2O3. The minimum absolute atomic E-state index is 0.224. The van der Waals surface area contributed by atoms with Crippen LogP contribution in [0.3, 0.4) is 0 Å². The lowest BCUT2D eigenvalue weighted by Gasteiger charge is -2.32. The SMILES string of the molecule is C=C/C=C(\C=C)CCCCN1C(=O)CC(=O)N(CCCCc2ccccc2)C1=O. The van der Waals surface area contributed by atoms with Gasteiger partial charge in [-0.05, 0) is 49.7 Å². The summed E-state index contributed by atoms with van der Waals surface area (Å²) in [6.45, 7) is 8.14. The molecule has 0 unspecified atom stereocenters. The standard InChI is InChI=1S/C24H30N2O3/c1-3-12-20(4-2)13-8-10-17-25-22(27)19-23(28)26(24(25)29)18-11-9-16-21-14-6-5-7-15-21/h3-7,12,14-15H,1-2,8-11,13,16-19H2/b20-12+. The Bertz CT molecular complexity index is 768. The first kappa shape index (κ1) is 22.3. The molecule has 1 aliphatic rings. The van der Waals surface area contributed by atoms with Crippen molar-refractivity contribution in [2.45, 2.75) is 44.9 Å². The molecule has 0 aromatic heterocycles. The summed E-state index contributed by atoms with van der Waals surface area (Å²) >= 11 is 0. The van der Waals surface area contributed by atoms with E-state index in [4.69, 9.17) is 0 Å². The molecule has 154 valence electrons. The highest BCUT2D eigenvalue weighted by atomic mass is 16.2. The van der Waals surface area contributed by atoms with Crippen LogP contribution in [-0.4, -0.2) is 40.7 Å². The number of allylic oxidation sites excluding steroid dienone is 4. The minimum atomic E-state index is -0.475. The highest BCUT2D eigenvalue weighted by Gasteiger charge is 2.36. The lowest BCUT2D eigenvalue weighted by molar-refractivity contribution is -0.142. The van der Waals surface area contributed by atoms with E-state index >= 15 is 0 Å². The van der Waals surface area contributed by atoms with Crippen molar-refractivity contribution in [2.24, 2.45) is 0 Å². The molecule has 1 heterocycles. The van der Waals surface area contributed by atoms with Gasteiger partial charge in [0.15, 0.2) is 0 Å². The normalized spacial score (nSPS) is 15.0. The Kier molecular flexibility index (Phi) is 9.09. The molecule has 5 heteroatoms. The molecule has 29 heavy (non-hydrogen) atoms. The molecule has 4 amide bonds. The van der Waals surface area contributed by atoms with Crippen LogP contribution in [0.15, 0.2) is 67.3 Å². The quantitative estimate of drug-likeness (QED) is 0.294. The number of nitrogens with zero attached hydrogens (tertiary/aromatic N) is 2. The van der Waals surface area contributed by atoms with E-state index in [-0.39, 0.29) is 12.3 Å². The van der Waals surface area contributed by atoms with Gasteiger partial charge in [0.1, 0.15) is 6.42 Å². The fourth-order valence-corrected chi connectivity index (χ4v) is 3.37. The summed E-state index contributed by atoms with van der Waals surface area (Å²) in [6.07, 6.45) is 10.0. The maximum Gasteiger partial charge on any atom is 0.333 e. The van der Waals surface area contributed by atoms with Crippen molar-refractivity contribution in [3.05, 3.63) is 72.9 Å². The Hall–Kier alpha value is -2.95. The van der Waals surface area contributed by atoms with Gasteiger partial charge in [-0.15, -0.1) is 0 Å². The highest BCUT2D eigenvalue weighted by Crippen LogP contribution is 2.16. The highest BCUT2D eigenvalue weighted by molar-refractivity contribution is 6.14. The van der Waals surface area contributed by atoms with Crippen LogP contribution in [0.4, 0.5) is 4.79 Å². The number of urea groups is 1. The Morgan fingerprint density at radius 3 is 2.10 bits per heavy atom. The second-order valence-corrected chi connectivity index (χ2v) is 7.13. The molecule has 1 aliphatic heterocycles. The van der Waals surface area contributed by atoms with Crippen LogP contribution in [0.25, 0.3) is 0 Å². The third-order valence-electron chi connectivity index (χ3n) is 5.00. The first-order valence-electron chi connectivity index (χ1n) is 10.2. The Labute approximate surface area is 173 Å². The van der Waals surface area contributed by atoms with Gasteiger partial charge in [0.2, 0.25) is 11.8 Å². The Morgan fingerprint density at radius 1 is 0.897 bits per heavy atom. The zero-order valence-electron chi connectivity index (χ0n) is 17.0. The molecule has 2 rings (SSSR count). The first-order valence-corrected chi connectivity index (χ1v) is 10.2. The van der Waals surface area contributed by atoms with Crippen LogP contribution in [0.5, 0.6) is 0 Å². The molecule has 0 saturated carbocycles. The number of hydrogen-bond acceptors (Lipinski definition) is 3. The smallest absolute Gasteiger partial charge is 0.274 e. The number of hydrogen-bond donors (Lipinski definition) is 0. The molecule has 1 fully saturated rings. The molecule has 1 saturated heterocycles. The van der Waals surface area contributed by atoms with Crippen LogP contribution < -0.4 is 0 Å². The monoisotopic (exact) mass is 394 g/mol. The summed E-state index contributed by atoms with van der Waals surface area (Å²) in [5, 5.41) is 0. The van der Waals surface area contributed by atoms with Crippen molar-refractivity contribution in [3.8, 4) is 0 Å². The Balaban J connectivity index is 1.80. The topological polar surface area (TPSA) is 57.7 Å². The molecule has 0 bridgehead atoms. The molecule has 0 spiro atoms. The van der Waals surface area contributed by atoms with E-state index in [1.165, 1.54) is 15.4 Å². The van der Waals surface area contributed by atoms with Gasteiger partial charge in [-0.1, -0.05) is 61.7 Å².